The van der Waals surface area contributed by atoms with E-state index in [9.17, 15) is 0 Å². The Balaban J connectivity index is 2.13. The lowest BCUT2D eigenvalue weighted by Gasteiger charge is -2.13. The van der Waals surface area contributed by atoms with Crippen molar-refractivity contribution in [3.05, 3.63) is 24.2 Å². The molecule has 14 heavy (non-hydrogen) atoms. The molecule has 4 heteroatoms. The summed E-state index contributed by atoms with van der Waals surface area (Å²) in [5, 5.41) is 0. The van der Waals surface area contributed by atoms with Crippen LogP contribution in [0.3, 0.4) is 0 Å². The summed E-state index contributed by atoms with van der Waals surface area (Å²) < 4.78 is 10.7. The number of rotatable bonds is 7. The Bertz CT molecular complexity index is 226. The lowest BCUT2D eigenvalue weighted by atomic mass is 10.4. The van der Waals surface area contributed by atoms with Crippen molar-refractivity contribution in [2.75, 3.05) is 18.9 Å². The Morgan fingerprint density at radius 1 is 1.64 bits per heavy atom. The van der Waals surface area contributed by atoms with Gasteiger partial charge in [-0.2, -0.15) is 11.8 Å². The molecule has 0 aliphatic carbocycles. The highest BCUT2D eigenvalue weighted by Crippen LogP contribution is 2.14. The van der Waals surface area contributed by atoms with Crippen molar-refractivity contribution >= 4 is 11.8 Å². The van der Waals surface area contributed by atoms with Gasteiger partial charge in [0.15, 0.2) is 0 Å². The zero-order chi connectivity index (χ0) is 10.2. The third kappa shape index (κ3) is 4.17. The average Bonchev–Trinajstić information content (AvgIpc) is 2.69. The zero-order valence-corrected chi connectivity index (χ0v) is 9.26. The second-order valence-electron chi connectivity index (χ2n) is 2.91. The Morgan fingerprint density at radius 2 is 2.50 bits per heavy atom. The lowest BCUT2D eigenvalue weighted by molar-refractivity contribution is 0.0858. The maximum atomic E-state index is 5.56. The van der Waals surface area contributed by atoms with Crippen molar-refractivity contribution in [3.8, 4) is 0 Å². The van der Waals surface area contributed by atoms with E-state index >= 15 is 0 Å². The van der Waals surface area contributed by atoms with Gasteiger partial charge >= 0.3 is 0 Å². The van der Waals surface area contributed by atoms with Crippen molar-refractivity contribution in [2.24, 2.45) is 5.73 Å². The van der Waals surface area contributed by atoms with Crippen LogP contribution < -0.4 is 5.73 Å². The molecular formula is C10H17NO2S. The second-order valence-corrected chi connectivity index (χ2v) is 3.94. The lowest BCUT2D eigenvalue weighted by Crippen LogP contribution is -2.26. The number of hydrogen-bond donors (Lipinski definition) is 1. The molecule has 0 saturated heterocycles. The van der Waals surface area contributed by atoms with Crippen molar-refractivity contribution in [2.45, 2.75) is 18.8 Å². The molecule has 1 atom stereocenters. The molecule has 1 rings (SSSR count). The minimum atomic E-state index is 0.167. The summed E-state index contributed by atoms with van der Waals surface area (Å²) in [6.07, 6.45) is 1.86. The van der Waals surface area contributed by atoms with Gasteiger partial charge in [0.2, 0.25) is 0 Å². The highest BCUT2D eigenvalue weighted by atomic mass is 32.2. The first kappa shape index (κ1) is 11.6. The van der Waals surface area contributed by atoms with Gasteiger partial charge < -0.3 is 14.9 Å². The predicted molar refractivity (Wildman–Crippen MR) is 59.3 cm³/mol. The van der Waals surface area contributed by atoms with Crippen molar-refractivity contribution in [3.63, 3.8) is 0 Å². The van der Waals surface area contributed by atoms with Gasteiger partial charge in [0.05, 0.1) is 18.1 Å². The fourth-order valence-corrected chi connectivity index (χ4v) is 2.08. The first-order valence-corrected chi connectivity index (χ1v) is 5.94. The van der Waals surface area contributed by atoms with Crippen LogP contribution in [0, 0.1) is 0 Å². The van der Waals surface area contributed by atoms with E-state index in [0.29, 0.717) is 6.54 Å². The molecule has 1 aromatic heterocycles. The molecule has 3 nitrogen and oxygen atoms in total. The van der Waals surface area contributed by atoms with Crippen LogP contribution >= 0.6 is 11.8 Å². The standard InChI is InChI=1S/C10H17NO2S/c1-2-12-10(6-11)8-14-7-9-4-3-5-13-9/h3-5,10H,2,6-8,11H2,1H3. The Morgan fingerprint density at radius 3 is 3.07 bits per heavy atom. The van der Waals surface area contributed by atoms with Crippen LogP contribution in [-0.4, -0.2) is 25.0 Å². The normalized spacial score (nSPS) is 13.0. The average molecular weight is 215 g/mol. The fourth-order valence-electron chi connectivity index (χ4n) is 1.11. The largest absolute Gasteiger partial charge is 0.468 e. The molecule has 0 aliphatic rings. The minimum absolute atomic E-state index is 0.167. The summed E-state index contributed by atoms with van der Waals surface area (Å²) in [5.74, 6) is 2.81. The molecular weight excluding hydrogens is 198 g/mol. The quantitative estimate of drug-likeness (QED) is 0.754. The van der Waals surface area contributed by atoms with Gasteiger partial charge in [-0.25, -0.2) is 0 Å². The predicted octanol–water partition coefficient (Wildman–Crippen LogP) is 1.88. The van der Waals surface area contributed by atoms with Crippen LogP contribution in [0.5, 0.6) is 0 Å². The molecule has 2 N–H and O–H groups in total. The van der Waals surface area contributed by atoms with E-state index in [4.69, 9.17) is 14.9 Å². The molecule has 0 aliphatic heterocycles. The highest BCUT2D eigenvalue weighted by Gasteiger charge is 2.06. The molecule has 0 radical (unpaired) electrons. The maximum Gasteiger partial charge on any atom is 0.113 e. The van der Waals surface area contributed by atoms with Gasteiger partial charge in [-0.1, -0.05) is 0 Å². The van der Waals surface area contributed by atoms with Gasteiger partial charge in [0, 0.05) is 18.9 Å². The van der Waals surface area contributed by atoms with Crippen molar-refractivity contribution in [1.29, 1.82) is 0 Å². The Kier molecular flexibility index (Phi) is 5.75. The first-order chi connectivity index (χ1) is 6.86. The molecule has 0 aromatic carbocycles. The van der Waals surface area contributed by atoms with E-state index in [0.717, 1.165) is 23.9 Å². The maximum absolute atomic E-state index is 5.56. The van der Waals surface area contributed by atoms with E-state index in [2.05, 4.69) is 0 Å². The van der Waals surface area contributed by atoms with E-state index < -0.39 is 0 Å². The van der Waals surface area contributed by atoms with Crippen molar-refractivity contribution < 1.29 is 9.15 Å². The number of ether oxygens (including phenoxy) is 1. The van der Waals surface area contributed by atoms with Gasteiger partial charge in [-0.15, -0.1) is 0 Å². The van der Waals surface area contributed by atoms with E-state index in [1.54, 1.807) is 18.0 Å². The summed E-state index contributed by atoms with van der Waals surface area (Å²) in [6, 6.07) is 3.88. The van der Waals surface area contributed by atoms with Gasteiger partial charge in [-0.3, -0.25) is 0 Å². The van der Waals surface area contributed by atoms with E-state index in [1.807, 2.05) is 19.1 Å². The Labute approximate surface area is 89.0 Å². The number of thioether (sulfide) groups is 1. The highest BCUT2D eigenvalue weighted by molar-refractivity contribution is 7.98. The van der Waals surface area contributed by atoms with Crippen LogP contribution in [0.25, 0.3) is 0 Å². The molecule has 1 unspecified atom stereocenters. The molecule has 1 heterocycles. The molecule has 0 bridgehead atoms. The molecule has 1 aromatic rings. The minimum Gasteiger partial charge on any atom is -0.468 e. The third-order valence-corrected chi connectivity index (χ3v) is 2.89. The monoisotopic (exact) mass is 215 g/mol. The fraction of sp³-hybridized carbons (Fsp3) is 0.600. The summed E-state index contributed by atoms with van der Waals surface area (Å²) >= 11 is 1.78. The molecule has 0 spiro atoms. The molecule has 0 fully saturated rings. The summed E-state index contributed by atoms with van der Waals surface area (Å²) in [5.41, 5.74) is 5.56. The van der Waals surface area contributed by atoms with Gasteiger partial charge in [-0.05, 0) is 19.1 Å². The van der Waals surface area contributed by atoms with Crippen LogP contribution in [-0.2, 0) is 10.5 Å². The smallest absolute Gasteiger partial charge is 0.113 e. The van der Waals surface area contributed by atoms with Gasteiger partial charge in [0.1, 0.15) is 5.76 Å². The summed E-state index contributed by atoms with van der Waals surface area (Å²) in [4.78, 5) is 0. The third-order valence-electron chi connectivity index (χ3n) is 1.79. The molecule has 0 saturated carbocycles. The molecule has 0 amide bonds. The summed E-state index contributed by atoms with van der Waals surface area (Å²) in [7, 11) is 0. The SMILES string of the molecule is CCOC(CN)CSCc1ccco1. The number of furan rings is 1. The van der Waals surface area contributed by atoms with Crippen LogP contribution in [0.1, 0.15) is 12.7 Å². The zero-order valence-electron chi connectivity index (χ0n) is 8.44. The van der Waals surface area contributed by atoms with Crippen molar-refractivity contribution in [1.82, 2.24) is 0 Å². The van der Waals surface area contributed by atoms with Crippen LogP contribution in [0.4, 0.5) is 0 Å². The van der Waals surface area contributed by atoms with Crippen LogP contribution in [0.2, 0.25) is 0 Å². The summed E-state index contributed by atoms with van der Waals surface area (Å²) in [6.45, 7) is 3.29. The topological polar surface area (TPSA) is 48.4 Å². The van der Waals surface area contributed by atoms with E-state index in [1.165, 1.54) is 0 Å². The number of hydrogen-bond acceptors (Lipinski definition) is 4. The van der Waals surface area contributed by atoms with E-state index in [-0.39, 0.29) is 6.10 Å². The van der Waals surface area contributed by atoms with Crippen LogP contribution in [0.15, 0.2) is 22.8 Å². The first-order valence-electron chi connectivity index (χ1n) is 4.78. The molecule has 80 valence electrons. The number of nitrogens with two attached hydrogens (primary N) is 1. The Hall–Kier alpha value is -0.450. The van der Waals surface area contributed by atoms with Gasteiger partial charge in [0.25, 0.3) is 0 Å². The second kappa shape index (κ2) is 6.92.